The number of fused-ring (bicyclic) bond motifs is 1. The summed E-state index contributed by atoms with van der Waals surface area (Å²) in [5, 5.41) is 6.71. The molecule has 4 aromatic rings. The number of aromatic amines is 1. The molecule has 0 atom stereocenters. The van der Waals surface area contributed by atoms with Crippen molar-refractivity contribution in [1.29, 1.82) is 0 Å². The lowest BCUT2D eigenvalue weighted by Gasteiger charge is -2.09. The van der Waals surface area contributed by atoms with Gasteiger partial charge in [0.2, 0.25) is 0 Å². The number of halogens is 3. The van der Waals surface area contributed by atoms with Crippen LogP contribution in [0.15, 0.2) is 53.2 Å². The predicted molar refractivity (Wildman–Crippen MR) is 141 cm³/mol. The van der Waals surface area contributed by atoms with E-state index in [0.29, 0.717) is 38.9 Å². The number of rotatable bonds is 7. The van der Waals surface area contributed by atoms with Gasteiger partial charge in [-0.15, -0.1) is 0 Å². The highest BCUT2D eigenvalue weighted by Gasteiger charge is 2.23. The molecule has 35 heavy (non-hydrogen) atoms. The molecule has 2 aromatic heterocycles. The fraction of sp³-hybridized carbons (Fsp3) is 0.174. The molecule has 0 aliphatic heterocycles. The summed E-state index contributed by atoms with van der Waals surface area (Å²) in [4.78, 5) is 20.6. The third-order valence-electron chi connectivity index (χ3n) is 5.16. The van der Waals surface area contributed by atoms with Crippen molar-refractivity contribution in [2.45, 2.75) is 26.2 Å². The number of nitrogens with zero attached hydrogens (tertiary/aromatic N) is 3. The Kier molecular flexibility index (Phi) is 6.97. The molecule has 2 N–H and O–H groups in total. The van der Waals surface area contributed by atoms with Crippen molar-refractivity contribution in [1.82, 2.24) is 19.7 Å². The summed E-state index contributed by atoms with van der Waals surface area (Å²) < 4.78 is 27.2. The first-order chi connectivity index (χ1) is 16.5. The van der Waals surface area contributed by atoms with Gasteiger partial charge in [-0.2, -0.15) is 5.10 Å². The van der Waals surface area contributed by atoms with E-state index in [1.165, 1.54) is 4.68 Å². The van der Waals surface area contributed by atoms with Crippen LogP contribution in [-0.2, 0) is 16.4 Å². The molecule has 0 aliphatic carbocycles. The van der Waals surface area contributed by atoms with Crippen LogP contribution in [0.25, 0.3) is 16.7 Å². The lowest BCUT2D eigenvalue weighted by Crippen LogP contribution is -2.14. The fourth-order valence-corrected chi connectivity index (χ4v) is 5.09. The van der Waals surface area contributed by atoms with E-state index in [0.717, 1.165) is 11.0 Å². The maximum Gasteiger partial charge on any atom is 0.262 e. The van der Waals surface area contributed by atoms with Gasteiger partial charge in [0, 0.05) is 22.5 Å². The number of hydrogen-bond donors (Lipinski definition) is 2. The molecule has 0 saturated carbocycles. The smallest absolute Gasteiger partial charge is 0.262 e. The molecule has 8 nitrogen and oxygen atoms in total. The van der Waals surface area contributed by atoms with E-state index in [-0.39, 0.29) is 27.9 Å². The minimum atomic E-state index is -3.61. The van der Waals surface area contributed by atoms with Crippen LogP contribution in [0.5, 0.6) is 0 Å². The number of H-pyrrole nitrogens is 1. The molecule has 182 valence electrons. The van der Waals surface area contributed by atoms with E-state index >= 15 is 0 Å². The molecule has 0 saturated heterocycles. The molecule has 12 heteroatoms. The highest BCUT2D eigenvalue weighted by atomic mass is 35.5. The Balaban J connectivity index is 1.80. The molecule has 0 amide bonds. The average molecular weight is 553 g/mol. The second-order valence-corrected chi connectivity index (χ2v) is 10.9. The zero-order valence-electron chi connectivity index (χ0n) is 18.6. The maximum absolute atomic E-state index is 13.1. The molecule has 0 spiro atoms. The van der Waals surface area contributed by atoms with Crippen molar-refractivity contribution in [3.8, 4) is 5.69 Å². The predicted octanol–water partition coefficient (Wildman–Crippen LogP) is 5.67. The molecule has 2 aromatic carbocycles. The number of aromatic nitrogens is 4. The van der Waals surface area contributed by atoms with Gasteiger partial charge in [-0.05, 0) is 35.7 Å². The van der Waals surface area contributed by atoms with Crippen molar-refractivity contribution in [3.05, 3.63) is 90.9 Å². The summed E-state index contributed by atoms with van der Waals surface area (Å²) in [5.74, 6) is 0.323. The third kappa shape index (κ3) is 5.23. The molecular formula is C23H20Cl3N5O3S. The Morgan fingerprint density at radius 2 is 1.77 bits per heavy atom. The van der Waals surface area contributed by atoms with Gasteiger partial charge in [0.15, 0.2) is 5.65 Å². The summed E-state index contributed by atoms with van der Waals surface area (Å²) in [6.07, 6.45) is 0.282. The van der Waals surface area contributed by atoms with E-state index in [2.05, 4.69) is 26.4 Å². The topological polar surface area (TPSA) is 110 Å². The molecule has 0 aliphatic rings. The third-order valence-corrected chi connectivity index (χ3v) is 6.91. The van der Waals surface area contributed by atoms with Crippen LogP contribution in [0.1, 0.15) is 36.8 Å². The Labute approximate surface area is 216 Å². The zero-order valence-corrected chi connectivity index (χ0v) is 21.7. The Hall–Kier alpha value is -2.85. The molecule has 0 bridgehead atoms. The lowest BCUT2D eigenvalue weighted by atomic mass is 10.1. The largest absolute Gasteiger partial charge is 0.310 e. The summed E-state index contributed by atoms with van der Waals surface area (Å²) in [6, 6.07) is 9.78. The highest BCUT2D eigenvalue weighted by molar-refractivity contribution is 7.95. The molecular weight excluding hydrogens is 533 g/mol. The van der Waals surface area contributed by atoms with E-state index in [1.54, 1.807) is 36.4 Å². The Morgan fingerprint density at radius 3 is 2.34 bits per heavy atom. The van der Waals surface area contributed by atoms with E-state index < -0.39 is 10.0 Å². The van der Waals surface area contributed by atoms with Gasteiger partial charge in [-0.3, -0.25) is 9.52 Å². The van der Waals surface area contributed by atoms with Crippen molar-refractivity contribution in [2.24, 2.45) is 0 Å². The molecule has 0 unspecified atom stereocenters. The van der Waals surface area contributed by atoms with E-state index in [4.69, 9.17) is 34.8 Å². The van der Waals surface area contributed by atoms with Crippen LogP contribution in [-0.4, -0.2) is 28.2 Å². The number of sulfonamides is 1. The first kappa shape index (κ1) is 25.2. The van der Waals surface area contributed by atoms with Gasteiger partial charge < -0.3 is 4.98 Å². The lowest BCUT2D eigenvalue weighted by molar-refractivity contribution is 0.609. The van der Waals surface area contributed by atoms with Crippen molar-refractivity contribution in [2.75, 3.05) is 4.72 Å². The minimum absolute atomic E-state index is 0.0655. The van der Waals surface area contributed by atoms with Gasteiger partial charge >= 0.3 is 0 Å². The first-order valence-electron chi connectivity index (χ1n) is 10.4. The van der Waals surface area contributed by atoms with E-state index in [9.17, 15) is 13.2 Å². The summed E-state index contributed by atoms with van der Waals surface area (Å²) in [5.41, 5.74) is 2.09. The normalized spacial score (nSPS) is 11.8. The molecule has 0 fully saturated rings. The van der Waals surface area contributed by atoms with Crippen LogP contribution in [0.3, 0.4) is 0 Å². The molecule has 4 rings (SSSR count). The number of hydrogen-bond acceptors (Lipinski definition) is 5. The monoisotopic (exact) mass is 551 g/mol. The van der Waals surface area contributed by atoms with Crippen molar-refractivity contribution >= 4 is 61.5 Å². The quantitative estimate of drug-likeness (QED) is 0.307. The van der Waals surface area contributed by atoms with Gasteiger partial charge in [0.1, 0.15) is 16.9 Å². The van der Waals surface area contributed by atoms with Crippen LogP contribution in [0, 0.1) is 0 Å². The number of anilines is 1. The van der Waals surface area contributed by atoms with Crippen molar-refractivity contribution < 1.29 is 8.42 Å². The van der Waals surface area contributed by atoms with Crippen LogP contribution < -0.4 is 10.3 Å². The second-order valence-electron chi connectivity index (χ2n) is 8.07. The second kappa shape index (κ2) is 9.66. The van der Waals surface area contributed by atoms with Crippen LogP contribution in [0.4, 0.5) is 5.69 Å². The highest BCUT2D eigenvalue weighted by Crippen LogP contribution is 2.34. The summed E-state index contributed by atoms with van der Waals surface area (Å²) >= 11 is 18.9. The zero-order chi connectivity index (χ0) is 25.5. The average Bonchev–Trinajstić information content (AvgIpc) is 3.14. The number of benzene rings is 2. The van der Waals surface area contributed by atoms with Gasteiger partial charge in [-0.25, -0.2) is 18.1 Å². The number of nitrogens with one attached hydrogen (secondary N) is 2. The van der Waals surface area contributed by atoms with Gasteiger partial charge in [0.25, 0.3) is 15.6 Å². The maximum atomic E-state index is 13.1. The Bertz CT molecular complexity index is 1590. The minimum Gasteiger partial charge on any atom is -0.310 e. The first-order valence-corrected chi connectivity index (χ1v) is 13.1. The summed E-state index contributed by atoms with van der Waals surface area (Å²) in [6.45, 7) is 7.12. The van der Waals surface area contributed by atoms with Crippen LogP contribution in [0.2, 0.25) is 15.1 Å². The van der Waals surface area contributed by atoms with Crippen molar-refractivity contribution in [3.63, 3.8) is 0 Å². The van der Waals surface area contributed by atoms with E-state index in [1.807, 2.05) is 13.8 Å². The van der Waals surface area contributed by atoms with Gasteiger partial charge in [0.05, 0.1) is 15.7 Å². The van der Waals surface area contributed by atoms with Crippen LogP contribution >= 0.6 is 34.8 Å². The Morgan fingerprint density at radius 1 is 1.14 bits per heavy atom. The fourth-order valence-electron chi connectivity index (χ4n) is 3.57. The standard InChI is InChI=1S/C23H20Cl3N5O3S/c1-4-35(33,34)30-15-7-5-13(6-8-15)9-18-27-22-19(23(32)28-18)20(12(2)3)29-31(22)21-16(25)10-14(24)11-17(21)26/h4-8,10-12,30H,1,9H2,2-3H3,(H,27,28,32). The molecule has 0 radical (unpaired) electrons. The van der Waals surface area contributed by atoms with Gasteiger partial charge in [-0.1, -0.05) is 67.4 Å². The molecule has 2 heterocycles. The SMILES string of the molecule is C=CS(=O)(=O)Nc1ccc(Cc2nc3c(c(C(C)C)nn3-c3c(Cl)cc(Cl)cc3Cl)c(=O)[nH]2)cc1. The summed E-state index contributed by atoms with van der Waals surface area (Å²) in [7, 11) is -3.61.